The molecule has 0 aromatic heterocycles. The molecule has 1 heterocycles. The summed E-state index contributed by atoms with van der Waals surface area (Å²) in [5.41, 5.74) is 0. The highest BCUT2D eigenvalue weighted by atomic mass is 16.6. The van der Waals surface area contributed by atoms with E-state index in [1.807, 2.05) is 0 Å². The van der Waals surface area contributed by atoms with Gasteiger partial charge in [0, 0.05) is 27.2 Å². The maximum absolute atomic E-state index is 8.79. The molecule has 0 aliphatic carbocycles. The molecular weight excluding hydrogens is 120 g/mol. The lowest BCUT2D eigenvalue weighted by Gasteiger charge is -2.40. The third kappa shape index (κ3) is 1.40. The lowest BCUT2D eigenvalue weighted by Crippen LogP contribution is -2.57. The van der Waals surface area contributed by atoms with Crippen LogP contribution in [0.25, 0.3) is 0 Å². The lowest BCUT2D eigenvalue weighted by molar-refractivity contribution is -0.276. The minimum absolute atomic E-state index is 0.305. The van der Waals surface area contributed by atoms with Crippen LogP contribution in [0.4, 0.5) is 0 Å². The van der Waals surface area contributed by atoms with E-state index in [0.717, 1.165) is 18.3 Å². The zero-order valence-electron chi connectivity index (χ0n) is 5.74. The Morgan fingerprint density at radius 1 is 1.67 bits per heavy atom. The number of methoxy groups -OCH3 is 1. The van der Waals surface area contributed by atoms with Crippen LogP contribution in [0.15, 0.2) is 0 Å². The van der Waals surface area contributed by atoms with Crippen LogP contribution in [-0.4, -0.2) is 48.7 Å². The summed E-state index contributed by atoms with van der Waals surface area (Å²) >= 11 is 0. The van der Waals surface area contributed by atoms with Gasteiger partial charge >= 0.3 is 0 Å². The molecule has 4 heteroatoms. The maximum Gasteiger partial charge on any atom is 0.0854 e. The Hall–Kier alpha value is -0.160. The summed E-state index contributed by atoms with van der Waals surface area (Å²) in [4.78, 5) is 0. The van der Waals surface area contributed by atoms with Crippen molar-refractivity contribution in [3.05, 3.63) is 0 Å². The molecule has 0 radical (unpaired) electrons. The molecule has 9 heavy (non-hydrogen) atoms. The highest BCUT2D eigenvalue weighted by Crippen LogP contribution is 2.10. The zero-order valence-corrected chi connectivity index (χ0v) is 5.74. The van der Waals surface area contributed by atoms with E-state index in [4.69, 9.17) is 9.94 Å². The van der Waals surface area contributed by atoms with Crippen molar-refractivity contribution in [1.82, 2.24) is 10.2 Å². The summed E-state index contributed by atoms with van der Waals surface area (Å²) in [5, 5.41) is 11.7. The molecule has 54 valence electrons. The molecule has 1 N–H and O–H groups in total. The highest BCUT2D eigenvalue weighted by Gasteiger charge is 2.28. The van der Waals surface area contributed by atoms with Crippen molar-refractivity contribution >= 4 is 0 Å². The second-order valence-electron chi connectivity index (χ2n) is 2.22. The normalized spacial score (nSPS) is 22.7. The molecule has 0 spiro atoms. The maximum atomic E-state index is 8.79. The second kappa shape index (κ2) is 2.62. The van der Waals surface area contributed by atoms with Crippen LogP contribution in [0.1, 0.15) is 0 Å². The Morgan fingerprint density at radius 3 is 2.56 bits per heavy atom. The van der Waals surface area contributed by atoms with Gasteiger partial charge in [-0.05, 0) is 0 Å². The Balaban J connectivity index is 2.12. The van der Waals surface area contributed by atoms with E-state index in [1.165, 1.54) is 0 Å². The molecule has 0 unspecified atom stereocenters. The number of rotatable bonds is 2. The number of nitrogens with zero attached hydrogens (tertiary/aromatic N) is 2. The number of ether oxygens (including phenoxy) is 1. The molecule has 0 atom stereocenters. The average Bonchev–Trinajstić information content (AvgIpc) is 1.61. The minimum atomic E-state index is 0.305. The molecule has 4 nitrogen and oxygen atoms in total. The van der Waals surface area contributed by atoms with E-state index in [-0.39, 0.29) is 0 Å². The van der Waals surface area contributed by atoms with Gasteiger partial charge in [0.2, 0.25) is 0 Å². The molecule has 1 rings (SSSR count). The van der Waals surface area contributed by atoms with Gasteiger partial charge < -0.3 is 4.74 Å². The first-order chi connectivity index (χ1) is 4.24. The molecule has 1 aliphatic heterocycles. The number of hydrazine groups is 1. The third-order valence-electron chi connectivity index (χ3n) is 1.57. The van der Waals surface area contributed by atoms with Crippen LogP contribution in [0.5, 0.6) is 0 Å². The zero-order chi connectivity index (χ0) is 6.85. The molecule has 0 bridgehead atoms. The van der Waals surface area contributed by atoms with E-state index >= 15 is 0 Å². The monoisotopic (exact) mass is 132 g/mol. The smallest absolute Gasteiger partial charge is 0.0854 e. The van der Waals surface area contributed by atoms with Crippen molar-refractivity contribution in [1.29, 1.82) is 0 Å². The predicted octanol–water partition coefficient (Wildman–Crippen LogP) is -0.447. The molecule has 1 saturated heterocycles. The van der Waals surface area contributed by atoms with E-state index in [1.54, 1.807) is 19.2 Å². The van der Waals surface area contributed by atoms with Gasteiger partial charge in [0.05, 0.1) is 6.10 Å². The Morgan fingerprint density at radius 2 is 2.22 bits per heavy atom. The summed E-state index contributed by atoms with van der Waals surface area (Å²) in [5.74, 6) is 0. The second-order valence-corrected chi connectivity index (χ2v) is 2.22. The fraction of sp³-hybridized carbons (Fsp3) is 1.00. The Kier molecular flexibility index (Phi) is 2.02. The van der Waals surface area contributed by atoms with Gasteiger partial charge in [-0.2, -0.15) is 0 Å². The van der Waals surface area contributed by atoms with Gasteiger partial charge in [0.1, 0.15) is 0 Å². The van der Waals surface area contributed by atoms with Gasteiger partial charge in [-0.1, -0.05) is 0 Å². The van der Waals surface area contributed by atoms with Crippen molar-refractivity contribution in [3.63, 3.8) is 0 Å². The Bertz CT molecular complexity index is 91.0. The van der Waals surface area contributed by atoms with E-state index in [0.29, 0.717) is 6.10 Å². The summed E-state index contributed by atoms with van der Waals surface area (Å²) in [7, 11) is 3.28. The van der Waals surface area contributed by atoms with E-state index in [9.17, 15) is 0 Å². The first kappa shape index (κ1) is 6.95. The van der Waals surface area contributed by atoms with Crippen LogP contribution >= 0.6 is 0 Å². The largest absolute Gasteiger partial charge is 0.379 e. The minimum Gasteiger partial charge on any atom is -0.379 e. The summed E-state index contributed by atoms with van der Waals surface area (Å²) < 4.78 is 4.99. The van der Waals surface area contributed by atoms with Crippen molar-refractivity contribution in [3.8, 4) is 0 Å². The van der Waals surface area contributed by atoms with E-state index in [2.05, 4.69) is 0 Å². The van der Waals surface area contributed by atoms with Crippen molar-refractivity contribution in [2.24, 2.45) is 0 Å². The number of hydrogen-bond donors (Lipinski definition) is 1. The third-order valence-corrected chi connectivity index (χ3v) is 1.57. The van der Waals surface area contributed by atoms with Gasteiger partial charge in [-0.15, -0.1) is 5.17 Å². The molecule has 0 amide bonds. The fourth-order valence-electron chi connectivity index (χ4n) is 0.802. The molecule has 0 aromatic carbocycles. The predicted molar refractivity (Wildman–Crippen MR) is 31.9 cm³/mol. The van der Waals surface area contributed by atoms with Gasteiger partial charge in [0.15, 0.2) is 0 Å². The van der Waals surface area contributed by atoms with E-state index < -0.39 is 0 Å². The average molecular weight is 132 g/mol. The van der Waals surface area contributed by atoms with Crippen molar-refractivity contribution in [2.75, 3.05) is 27.2 Å². The first-order valence-corrected chi connectivity index (χ1v) is 2.94. The number of hydroxylamine groups is 1. The van der Waals surface area contributed by atoms with Gasteiger partial charge in [0.25, 0.3) is 0 Å². The van der Waals surface area contributed by atoms with Gasteiger partial charge in [-0.3, -0.25) is 5.21 Å². The van der Waals surface area contributed by atoms with Crippen LogP contribution in [0.3, 0.4) is 0 Å². The fourth-order valence-corrected chi connectivity index (χ4v) is 0.802. The molecule has 0 saturated carbocycles. The van der Waals surface area contributed by atoms with Crippen LogP contribution in [0, 0.1) is 0 Å². The highest BCUT2D eigenvalue weighted by molar-refractivity contribution is 4.75. The lowest BCUT2D eigenvalue weighted by atomic mass is 10.2. The summed E-state index contributed by atoms with van der Waals surface area (Å²) in [6.45, 7) is 1.59. The topological polar surface area (TPSA) is 35.9 Å². The standard InChI is InChI=1S/C5H12N2O2/c1-6(8)7-3-5(4-7)9-2/h5,8H,3-4H2,1-2H3. The summed E-state index contributed by atoms with van der Waals surface area (Å²) in [6.07, 6.45) is 0.305. The molecule has 0 aromatic rings. The van der Waals surface area contributed by atoms with Crippen LogP contribution in [0.2, 0.25) is 0 Å². The van der Waals surface area contributed by atoms with Gasteiger partial charge in [-0.25, -0.2) is 5.01 Å². The number of hydrogen-bond acceptors (Lipinski definition) is 4. The first-order valence-electron chi connectivity index (χ1n) is 2.94. The van der Waals surface area contributed by atoms with Crippen LogP contribution in [-0.2, 0) is 4.74 Å². The molecule has 1 fully saturated rings. The Labute approximate surface area is 54.5 Å². The summed E-state index contributed by atoms with van der Waals surface area (Å²) in [6, 6.07) is 0. The molecular formula is C5H12N2O2. The molecule has 1 aliphatic rings. The van der Waals surface area contributed by atoms with Crippen molar-refractivity contribution < 1.29 is 9.94 Å². The quantitative estimate of drug-likeness (QED) is 0.516. The van der Waals surface area contributed by atoms with Crippen LogP contribution < -0.4 is 0 Å². The SMILES string of the molecule is COC1CN(N(C)O)C1. The van der Waals surface area contributed by atoms with Crippen molar-refractivity contribution in [2.45, 2.75) is 6.10 Å².